The van der Waals surface area contributed by atoms with E-state index >= 15 is 0 Å². The second-order valence-corrected chi connectivity index (χ2v) is 4.97. The first-order valence-corrected chi connectivity index (χ1v) is 6.49. The summed E-state index contributed by atoms with van der Waals surface area (Å²) in [5, 5.41) is 9.27. The molecule has 4 nitrogen and oxygen atoms in total. The largest absolute Gasteiger partial charge is 0.478 e. The Kier molecular flexibility index (Phi) is 3.75. The third-order valence-corrected chi connectivity index (χ3v) is 3.26. The molecule has 4 heteroatoms. The molecule has 0 aliphatic heterocycles. The second kappa shape index (κ2) is 5.29. The Labute approximate surface area is 107 Å². The quantitative estimate of drug-likeness (QED) is 0.759. The minimum absolute atomic E-state index is 0.309. The zero-order chi connectivity index (χ0) is 13.1. The van der Waals surface area contributed by atoms with Crippen LogP contribution in [0.25, 0.3) is 0 Å². The molecule has 0 spiro atoms. The zero-order valence-electron chi connectivity index (χ0n) is 10.7. The number of nitrogens with two attached hydrogens (primary N) is 1. The Hall–Kier alpha value is -1.71. The fourth-order valence-electron chi connectivity index (χ4n) is 2.19. The van der Waals surface area contributed by atoms with Crippen LogP contribution in [0.3, 0.4) is 0 Å². The molecule has 1 saturated carbocycles. The van der Waals surface area contributed by atoms with E-state index in [0.29, 0.717) is 11.3 Å². The van der Waals surface area contributed by atoms with E-state index in [-0.39, 0.29) is 0 Å². The molecule has 18 heavy (non-hydrogen) atoms. The molecule has 0 unspecified atom stereocenters. The van der Waals surface area contributed by atoms with Crippen molar-refractivity contribution >= 4 is 17.3 Å². The van der Waals surface area contributed by atoms with Gasteiger partial charge in [0.15, 0.2) is 0 Å². The summed E-state index contributed by atoms with van der Waals surface area (Å²) >= 11 is 0. The second-order valence-electron chi connectivity index (χ2n) is 4.97. The fourth-order valence-corrected chi connectivity index (χ4v) is 2.19. The summed E-state index contributed by atoms with van der Waals surface area (Å²) in [6.07, 6.45) is 3.53. The number of rotatable bonds is 6. The zero-order valence-corrected chi connectivity index (χ0v) is 10.7. The molecule has 0 atom stereocenters. The van der Waals surface area contributed by atoms with E-state index in [4.69, 9.17) is 5.73 Å². The van der Waals surface area contributed by atoms with Crippen LogP contribution in [0.4, 0.5) is 11.4 Å². The van der Waals surface area contributed by atoms with Crippen molar-refractivity contribution in [2.45, 2.75) is 26.2 Å². The number of hydrogen-bond acceptors (Lipinski definition) is 3. The summed E-state index contributed by atoms with van der Waals surface area (Å²) in [6.45, 7) is 3.95. The molecule has 0 amide bonds. The number of carbonyl (C=O) groups is 1. The Morgan fingerprint density at radius 3 is 2.78 bits per heavy atom. The van der Waals surface area contributed by atoms with Crippen LogP contribution in [-0.4, -0.2) is 24.2 Å². The van der Waals surface area contributed by atoms with E-state index in [1.54, 1.807) is 12.1 Å². The van der Waals surface area contributed by atoms with Crippen LogP contribution >= 0.6 is 0 Å². The molecule has 1 aromatic rings. The fraction of sp³-hybridized carbons (Fsp3) is 0.500. The summed E-state index contributed by atoms with van der Waals surface area (Å²) in [5.74, 6) is -0.176. The van der Waals surface area contributed by atoms with Crippen LogP contribution < -0.4 is 10.6 Å². The van der Waals surface area contributed by atoms with E-state index in [2.05, 4.69) is 11.8 Å². The lowest BCUT2D eigenvalue weighted by Gasteiger charge is -2.26. The Bertz CT molecular complexity index is 441. The van der Waals surface area contributed by atoms with Crippen molar-refractivity contribution in [1.82, 2.24) is 0 Å². The van der Waals surface area contributed by atoms with Crippen LogP contribution in [0.5, 0.6) is 0 Å². The third kappa shape index (κ3) is 2.94. The summed E-state index contributed by atoms with van der Waals surface area (Å²) in [7, 11) is 0. The number of nitrogens with zero attached hydrogens (tertiary/aromatic N) is 1. The lowest BCUT2D eigenvalue weighted by Crippen LogP contribution is -2.28. The highest BCUT2D eigenvalue weighted by Crippen LogP contribution is 2.33. The topological polar surface area (TPSA) is 66.6 Å². The van der Waals surface area contributed by atoms with Crippen molar-refractivity contribution in [3.63, 3.8) is 0 Å². The van der Waals surface area contributed by atoms with Crippen molar-refractivity contribution in [2.75, 3.05) is 23.7 Å². The van der Waals surface area contributed by atoms with Gasteiger partial charge in [-0.2, -0.15) is 0 Å². The molecule has 1 aliphatic rings. The Balaban J connectivity index is 2.29. The number of nitrogen functional groups attached to an aromatic ring is 1. The molecule has 0 radical (unpaired) electrons. The summed E-state index contributed by atoms with van der Waals surface area (Å²) < 4.78 is 0. The van der Waals surface area contributed by atoms with Crippen LogP contribution in [0, 0.1) is 5.92 Å². The molecule has 3 N–H and O–H groups in total. The molecule has 0 bridgehead atoms. The van der Waals surface area contributed by atoms with Gasteiger partial charge in [0.2, 0.25) is 0 Å². The number of carboxylic acids is 1. The average Bonchev–Trinajstić information content (AvgIpc) is 3.12. The van der Waals surface area contributed by atoms with Gasteiger partial charge in [0, 0.05) is 18.8 Å². The average molecular weight is 248 g/mol. The maximum atomic E-state index is 11.3. The normalized spacial score (nSPS) is 14.5. The summed E-state index contributed by atoms with van der Waals surface area (Å²) in [4.78, 5) is 13.5. The highest BCUT2D eigenvalue weighted by Gasteiger charge is 2.26. The Morgan fingerprint density at radius 2 is 2.22 bits per heavy atom. The maximum absolute atomic E-state index is 11.3. The summed E-state index contributed by atoms with van der Waals surface area (Å²) in [6, 6.07) is 5.15. The monoisotopic (exact) mass is 248 g/mol. The van der Waals surface area contributed by atoms with Crippen molar-refractivity contribution < 1.29 is 9.90 Å². The molecular weight excluding hydrogens is 228 g/mol. The van der Waals surface area contributed by atoms with Crippen molar-refractivity contribution in [3.8, 4) is 0 Å². The molecule has 2 rings (SSSR count). The summed E-state index contributed by atoms with van der Waals surface area (Å²) in [5.41, 5.74) is 7.28. The Morgan fingerprint density at radius 1 is 1.50 bits per heavy atom. The van der Waals surface area contributed by atoms with Gasteiger partial charge in [-0.1, -0.05) is 6.92 Å². The van der Waals surface area contributed by atoms with Crippen LogP contribution in [-0.2, 0) is 0 Å². The van der Waals surface area contributed by atoms with Crippen molar-refractivity contribution in [3.05, 3.63) is 23.8 Å². The third-order valence-electron chi connectivity index (χ3n) is 3.26. The lowest BCUT2D eigenvalue weighted by molar-refractivity contribution is 0.0697. The SMILES string of the molecule is CCCN(CC1CC1)c1ccc(N)cc1C(=O)O. The molecule has 0 saturated heterocycles. The van der Waals surface area contributed by atoms with E-state index in [1.807, 2.05) is 6.07 Å². The first-order chi connectivity index (χ1) is 8.61. The highest BCUT2D eigenvalue weighted by atomic mass is 16.4. The maximum Gasteiger partial charge on any atom is 0.337 e. The van der Waals surface area contributed by atoms with Gasteiger partial charge in [-0.05, 0) is 43.4 Å². The van der Waals surface area contributed by atoms with Gasteiger partial charge in [0.25, 0.3) is 0 Å². The van der Waals surface area contributed by atoms with Gasteiger partial charge in [0.05, 0.1) is 11.3 Å². The lowest BCUT2D eigenvalue weighted by atomic mass is 10.1. The van der Waals surface area contributed by atoms with Gasteiger partial charge in [-0.3, -0.25) is 0 Å². The van der Waals surface area contributed by atoms with Gasteiger partial charge >= 0.3 is 5.97 Å². The number of aromatic carboxylic acids is 1. The molecule has 1 aliphatic carbocycles. The van der Waals surface area contributed by atoms with Gasteiger partial charge in [-0.15, -0.1) is 0 Å². The van der Waals surface area contributed by atoms with Gasteiger partial charge in [-0.25, -0.2) is 4.79 Å². The minimum atomic E-state index is -0.908. The first-order valence-electron chi connectivity index (χ1n) is 6.49. The number of anilines is 2. The first kappa shape index (κ1) is 12.7. The van der Waals surface area contributed by atoms with Crippen molar-refractivity contribution in [2.24, 2.45) is 5.92 Å². The minimum Gasteiger partial charge on any atom is -0.478 e. The number of hydrogen-bond donors (Lipinski definition) is 2. The van der Waals surface area contributed by atoms with Crippen LogP contribution in [0.15, 0.2) is 18.2 Å². The molecule has 0 aromatic heterocycles. The van der Waals surface area contributed by atoms with Gasteiger partial charge in [0.1, 0.15) is 0 Å². The smallest absolute Gasteiger partial charge is 0.337 e. The molecule has 1 aromatic carbocycles. The molecular formula is C14H20N2O2. The molecule has 98 valence electrons. The van der Waals surface area contributed by atoms with E-state index < -0.39 is 5.97 Å². The van der Waals surface area contributed by atoms with Gasteiger partial charge < -0.3 is 15.7 Å². The molecule has 0 heterocycles. The van der Waals surface area contributed by atoms with Crippen LogP contribution in [0.1, 0.15) is 36.5 Å². The number of benzene rings is 1. The van der Waals surface area contributed by atoms with E-state index in [0.717, 1.165) is 31.1 Å². The predicted octanol–water partition coefficient (Wildman–Crippen LogP) is 2.59. The predicted molar refractivity (Wildman–Crippen MR) is 73.0 cm³/mol. The highest BCUT2D eigenvalue weighted by molar-refractivity contribution is 5.95. The number of carboxylic acid groups (broad SMARTS) is 1. The van der Waals surface area contributed by atoms with Crippen LogP contribution in [0.2, 0.25) is 0 Å². The molecule has 1 fully saturated rings. The van der Waals surface area contributed by atoms with E-state index in [9.17, 15) is 9.90 Å². The standard InChI is InChI=1S/C14H20N2O2/c1-2-7-16(9-10-3-4-10)13-6-5-11(15)8-12(13)14(17)18/h5-6,8,10H,2-4,7,9,15H2,1H3,(H,17,18). The van der Waals surface area contributed by atoms with E-state index in [1.165, 1.54) is 12.8 Å². The van der Waals surface area contributed by atoms with Crippen molar-refractivity contribution in [1.29, 1.82) is 0 Å².